The number of nitrogens with zero attached hydrogens (tertiary/aromatic N) is 4. The molecule has 0 fully saturated rings. The van der Waals surface area contributed by atoms with Crippen LogP contribution in [0.5, 0.6) is 0 Å². The van der Waals surface area contributed by atoms with Crippen molar-refractivity contribution in [1.29, 1.82) is 0 Å². The Balaban J connectivity index is 1.35. The molecule has 9 rings (SSSR count). The van der Waals surface area contributed by atoms with Crippen LogP contribution in [0.2, 0.25) is 0 Å². The van der Waals surface area contributed by atoms with Gasteiger partial charge in [0, 0.05) is 27.8 Å². The van der Waals surface area contributed by atoms with Gasteiger partial charge in [0.05, 0.1) is 11.0 Å². The van der Waals surface area contributed by atoms with Crippen LogP contribution in [-0.2, 0) is 6.42 Å². The summed E-state index contributed by atoms with van der Waals surface area (Å²) in [4.78, 5) is 15.4. The van der Waals surface area contributed by atoms with Crippen LogP contribution in [0.3, 0.4) is 0 Å². The van der Waals surface area contributed by atoms with E-state index in [9.17, 15) is 0 Å². The van der Waals surface area contributed by atoms with Crippen molar-refractivity contribution in [2.24, 2.45) is 0 Å². The third-order valence-corrected chi connectivity index (χ3v) is 9.34. The molecule has 1 aliphatic carbocycles. The highest BCUT2D eigenvalue weighted by Crippen LogP contribution is 2.45. The molecule has 0 radical (unpaired) electrons. The van der Waals surface area contributed by atoms with E-state index < -0.39 is 0 Å². The zero-order chi connectivity index (χ0) is 30.5. The van der Waals surface area contributed by atoms with E-state index in [0.717, 1.165) is 29.5 Å². The Labute approximate surface area is 267 Å². The summed E-state index contributed by atoms with van der Waals surface area (Å²) in [5.74, 6) is 2.26. The topological polar surface area (TPSA) is 43.6 Å². The average molecular weight is 591 g/mol. The van der Waals surface area contributed by atoms with E-state index in [-0.39, 0.29) is 0 Å². The number of para-hydroxylation sites is 1. The second-order valence-corrected chi connectivity index (χ2v) is 11.9. The molecule has 0 saturated heterocycles. The summed E-state index contributed by atoms with van der Waals surface area (Å²) in [7, 11) is 0. The Bertz CT molecular complexity index is 2300. The van der Waals surface area contributed by atoms with Gasteiger partial charge in [-0.25, -0.2) is 4.98 Å². The summed E-state index contributed by atoms with van der Waals surface area (Å²) in [5.41, 5.74) is 10.8. The van der Waals surface area contributed by atoms with Crippen LogP contribution in [-0.4, -0.2) is 19.5 Å². The van der Waals surface area contributed by atoms with Gasteiger partial charge in [-0.15, -0.1) is 0 Å². The van der Waals surface area contributed by atoms with Crippen molar-refractivity contribution in [3.05, 3.63) is 168 Å². The number of benzene rings is 6. The fourth-order valence-electron chi connectivity index (χ4n) is 7.26. The van der Waals surface area contributed by atoms with E-state index in [1.54, 1.807) is 0 Å². The Kier molecular flexibility index (Phi) is 6.31. The van der Waals surface area contributed by atoms with Crippen molar-refractivity contribution in [1.82, 2.24) is 19.5 Å². The summed E-state index contributed by atoms with van der Waals surface area (Å²) >= 11 is 0. The number of hydrogen-bond donors (Lipinski definition) is 0. The quantitative estimate of drug-likeness (QED) is 0.205. The van der Waals surface area contributed by atoms with Crippen molar-refractivity contribution in [3.8, 4) is 39.9 Å². The first-order valence-electron chi connectivity index (χ1n) is 15.9. The molecular formula is C42H30N4. The Hall–Kier alpha value is -5.87. The molecule has 6 aromatic carbocycles. The van der Waals surface area contributed by atoms with Gasteiger partial charge in [-0.1, -0.05) is 146 Å². The van der Waals surface area contributed by atoms with E-state index in [4.69, 9.17) is 15.0 Å². The molecule has 0 unspecified atom stereocenters. The van der Waals surface area contributed by atoms with Crippen molar-refractivity contribution in [2.45, 2.75) is 18.8 Å². The predicted molar refractivity (Wildman–Crippen MR) is 187 cm³/mol. The maximum Gasteiger partial charge on any atom is 0.238 e. The lowest BCUT2D eigenvalue weighted by Crippen LogP contribution is -2.07. The van der Waals surface area contributed by atoms with E-state index in [1.165, 1.54) is 44.1 Å². The van der Waals surface area contributed by atoms with Gasteiger partial charge in [0.15, 0.2) is 11.6 Å². The monoisotopic (exact) mass is 590 g/mol. The minimum Gasteiger partial charge on any atom is -0.277 e. The number of aromatic nitrogens is 4. The van der Waals surface area contributed by atoms with Gasteiger partial charge in [-0.2, -0.15) is 9.97 Å². The third kappa shape index (κ3) is 4.33. The average Bonchev–Trinajstić information content (AvgIpc) is 3.38. The van der Waals surface area contributed by atoms with Crippen LogP contribution in [0.4, 0.5) is 0 Å². The van der Waals surface area contributed by atoms with Crippen LogP contribution in [0, 0.1) is 0 Å². The first-order valence-corrected chi connectivity index (χ1v) is 15.9. The third-order valence-electron chi connectivity index (χ3n) is 9.34. The molecular weight excluding hydrogens is 560 g/mol. The lowest BCUT2D eigenvalue weighted by molar-refractivity contribution is 0.726. The molecule has 4 nitrogen and oxygen atoms in total. The highest BCUT2D eigenvalue weighted by Gasteiger charge is 2.27. The second kappa shape index (κ2) is 10.9. The smallest absolute Gasteiger partial charge is 0.238 e. The minimum absolute atomic E-state index is 0.309. The molecule has 1 atom stereocenters. The fraction of sp³-hybridized carbons (Fsp3) is 0.0714. The minimum atomic E-state index is 0.309. The molecule has 2 aromatic heterocycles. The van der Waals surface area contributed by atoms with Gasteiger partial charge in [0.2, 0.25) is 5.95 Å². The molecule has 218 valence electrons. The van der Waals surface area contributed by atoms with Gasteiger partial charge in [-0.05, 0) is 46.7 Å². The SMILES string of the molecule is c1ccc(-c2nc(-c3ccccc3)nc(-n3c4ccccc4c4ccc5c(c43)CC[C@@H](c3ccccc3)c3ccccc3-5)n2)cc1. The van der Waals surface area contributed by atoms with Gasteiger partial charge < -0.3 is 0 Å². The molecule has 0 bridgehead atoms. The Morgan fingerprint density at radius 3 is 1.83 bits per heavy atom. The standard InChI is InChI=1S/C42H30N4/c1-4-14-28(15-5-1)31-24-26-36-34(33-21-11-10-20-32(31)33)25-27-37-35-22-12-13-23-38(35)46(39(36)37)42-44-40(29-16-6-2-7-17-29)43-41(45-42)30-18-8-3-9-19-30/h1-23,25,27,31H,24,26H2/t31-/m0/s1. The van der Waals surface area contributed by atoms with Gasteiger partial charge in [0.1, 0.15) is 0 Å². The predicted octanol–water partition coefficient (Wildman–Crippen LogP) is 10.0. The molecule has 0 saturated carbocycles. The lowest BCUT2D eigenvalue weighted by Gasteiger charge is -2.18. The first-order chi connectivity index (χ1) is 22.8. The maximum atomic E-state index is 5.19. The number of aryl methyl sites for hydroxylation is 1. The summed E-state index contributed by atoms with van der Waals surface area (Å²) in [6, 6.07) is 53.6. The normalized spacial score (nSPS) is 14.1. The number of hydrogen-bond acceptors (Lipinski definition) is 3. The maximum absolute atomic E-state index is 5.19. The van der Waals surface area contributed by atoms with E-state index >= 15 is 0 Å². The molecule has 8 aromatic rings. The van der Waals surface area contributed by atoms with E-state index in [1.807, 2.05) is 36.4 Å². The van der Waals surface area contributed by atoms with Crippen LogP contribution >= 0.6 is 0 Å². The fourth-order valence-corrected chi connectivity index (χ4v) is 7.26. The summed E-state index contributed by atoms with van der Waals surface area (Å²) in [6.45, 7) is 0. The van der Waals surface area contributed by atoms with Crippen molar-refractivity contribution < 1.29 is 0 Å². The van der Waals surface area contributed by atoms with Crippen molar-refractivity contribution in [2.75, 3.05) is 0 Å². The van der Waals surface area contributed by atoms with E-state index in [2.05, 4.69) is 120 Å². The van der Waals surface area contributed by atoms with Crippen molar-refractivity contribution in [3.63, 3.8) is 0 Å². The largest absolute Gasteiger partial charge is 0.277 e. The first kappa shape index (κ1) is 26.5. The molecule has 46 heavy (non-hydrogen) atoms. The summed E-state index contributed by atoms with van der Waals surface area (Å²) in [6.07, 6.45) is 1.94. The molecule has 1 aliphatic rings. The zero-order valence-corrected chi connectivity index (χ0v) is 25.2. The van der Waals surface area contributed by atoms with Crippen LogP contribution in [0.25, 0.3) is 61.7 Å². The zero-order valence-electron chi connectivity index (χ0n) is 25.2. The van der Waals surface area contributed by atoms with Gasteiger partial charge in [-0.3, -0.25) is 4.57 Å². The number of fused-ring (bicyclic) bond motifs is 7. The van der Waals surface area contributed by atoms with Crippen LogP contribution in [0.15, 0.2) is 152 Å². The number of rotatable bonds is 4. The molecule has 2 heterocycles. The molecule has 0 aliphatic heterocycles. The highest BCUT2D eigenvalue weighted by molar-refractivity contribution is 6.11. The highest BCUT2D eigenvalue weighted by atomic mass is 15.2. The molecule has 4 heteroatoms. The van der Waals surface area contributed by atoms with Crippen LogP contribution in [0.1, 0.15) is 29.0 Å². The molecule has 0 amide bonds. The summed E-state index contributed by atoms with van der Waals surface area (Å²) < 4.78 is 2.29. The van der Waals surface area contributed by atoms with Gasteiger partial charge >= 0.3 is 0 Å². The van der Waals surface area contributed by atoms with Gasteiger partial charge in [0.25, 0.3) is 0 Å². The molecule has 0 spiro atoms. The van der Waals surface area contributed by atoms with E-state index in [0.29, 0.717) is 23.5 Å². The Morgan fingerprint density at radius 2 is 1.11 bits per heavy atom. The van der Waals surface area contributed by atoms with Crippen molar-refractivity contribution >= 4 is 21.8 Å². The molecule has 0 N–H and O–H groups in total. The second-order valence-electron chi connectivity index (χ2n) is 11.9. The van der Waals surface area contributed by atoms with Crippen LogP contribution < -0.4 is 0 Å². The Morgan fingerprint density at radius 1 is 0.500 bits per heavy atom. The summed E-state index contributed by atoms with van der Waals surface area (Å²) in [5, 5.41) is 2.41. The lowest BCUT2D eigenvalue weighted by atomic mass is 9.86.